The van der Waals surface area contributed by atoms with Gasteiger partial charge in [-0.2, -0.15) is 0 Å². The molecule has 2 heterocycles. The summed E-state index contributed by atoms with van der Waals surface area (Å²) in [5.41, 5.74) is 0.966. The van der Waals surface area contributed by atoms with Crippen LogP contribution in [0.4, 0.5) is 13.2 Å². The van der Waals surface area contributed by atoms with Gasteiger partial charge in [0, 0.05) is 19.0 Å². The first kappa shape index (κ1) is 16.5. The maximum Gasteiger partial charge on any atom is 0.573 e. The lowest BCUT2D eigenvalue weighted by atomic mass is 9.97. The highest BCUT2D eigenvalue weighted by Crippen LogP contribution is 2.27. The van der Waals surface area contributed by atoms with Crippen molar-refractivity contribution in [1.29, 1.82) is 0 Å². The molecule has 2 fully saturated rings. The molecule has 0 aromatic heterocycles. The van der Waals surface area contributed by atoms with E-state index in [0.29, 0.717) is 25.7 Å². The lowest BCUT2D eigenvalue weighted by Gasteiger charge is -2.34. The zero-order valence-electron chi connectivity index (χ0n) is 12.7. The van der Waals surface area contributed by atoms with Gasteiger partial charge in [-0.1, -0.05) is 12.1 Å². The lowest BCUT2D eigenvalue weighted by molar-refractivity contribution is -0.274. The van der Waals surface area contributed by atoms with Crippen LogP contribution in [0.1, 0.15) is 18.4 Å². The van der Waals surface area contributed by atoms with Gasteiger partial charge in [-0.15, -0.1) is 13.2 Å². The first-order valence-corrected chi connectivity index (χ1v) is 7.80. The van der Waals surface area contributed by atoms with Crippen LogP contribution >= 0.6 is 0 Å². The van der Waals surface area contributed by atoms with Crippen molar-refractivity contribution in [2.75, 3.05) is 26.3 Å². The predicted octanol–water partition coefficient (Wildman–Crippen LogP) is 3.17. The van der Waals surface area contributed by atoms with E-state index in [1.807, 2.05) is 0 Å². The lowest BCUT2D eigenvalue weighted by Crippen LogP contribution is -2.40. The fraction of sp³-hybridized carbons (Fsp3) is 0.625. The first-order valence-electron chi connectivity index (χ1n) is 7.80. The van der Waals surface area contributed by atoms with Gasteiger partial charge < -0.3 is 14.2 Å². The highest BCUT2D eigenvalue weighted by atomic mass is 19.4. The van der Waals surface area contributed by atoms with E-state index in [1.54, 1.807) is 12.1 Å². The van der Waals surface area contributed by atoms with Crippen molar-refractivity contribution in [2.24, 2.45) is 5.92 Å². The molecule has 3 rings (SSSR count). The topological polar surface area (TPSA) is 30.9 Å². The number of benzene rings is 1. The molecule has 0 radical (unpaired) electrons. The summed E-state index contributed by atoms with van der Waals surface area (Å²) in [5, 5.41) is 0. The van der Waals surface area contributed by atoms with E-state index in [4.69, 9.17) is 9.47 Å². The molecule has 128 valence electrons. The summed E-state index contributed by atoms with van der Waals surface area (Å²) in [6.07, 6.45) is -2.61. The summed E-state index contributed by atoms with van der Waals surface area (Å²) in [7, 11) is 0. The van der Waals surface area contributed by atoms with Crippen LogP contribution in [0, 0.1) is 5.92 Å². The number of nitrogens with zero attached hydrogens (tertiary/aromatic N) is 1. The Balaban J connectivity index is 1.54. The Bertz CT molecular complexity index is 500. The average Bonchev–Trinajstić information content (AvgIpc) is 3.02. The SMILES string of the molecule is FC(F)(F)Oc1ccc(CN2CCCC(C3OCCO3)C2)cc1. The molecule has 2 aliphatic rings. The Kier molecular flexibility index (Phi) is 5.08. The molecule has 0 amide bonds. The maximum absolute atomic E-state index is 12.2. The second-order valence-electron chi connectivity index (χ2n) is 5.94. The molecule has 0 bridgehead atoms. The summed E-state index contributed by atoms with van der Waals surface area (Å²) in [6.45, 7) is 3.87. The second-order valence-corrected chi connectivity index (χ2v) is 5.94. The van der Waals surface area contributed by atoms with Crippen LogP contribution < -0.4 is 4.74 Å². The van der Waals surface area contributed by atoms with Crippen LogP contribution in [0.3, 0.4) is 0 Å². The van der Waals surface area contributed by atoms with Crippen molar-refractivity contribution in [2.45, 2.75) is 32.0 Å². The standard InChI is InChI=1S/C16H20F3NO3/c17-16(18,19)23-14-5-3-12(4-6-14)10-20-7-1-2-13(11-20)15-21-8-9-22-15/h3-6,13,15H,1-2,7-11H2. The molecule has 0 aliphatic carbocycles. The Morgan fingerprint density at radius 2 is 1.83 bits per heavy atom. The minimum atomic E-state index is -4.65. The Hall–Kier alpha value is -1.31. The minimum absolute atomic E-state index is 0.111. The number of hydrogen-bond donors (Lipinski definition) is 0. The van der Waals surface area contributed by atoms with Crippen LogP contribution in [0.25, 0.3) is 0 Å². The molecule has 7 heteroatoms. The number of rotatable bonds is 4. The summed E-state index contributed by atoms with van der Waals surface area (Å²) in [6, 6.07) is 6.06. The second kappa shape index (κ2) is 7.07. The van der Waals surface area contributed by atoms with Crippen molar-refractivity contribution in [3.8, 4) is 5.75 Å². The van der Waals surface area contributed by atoms with Crippen molar-refractivity contribution in [3.05, 3.63) is 29.8 Å². The molecule has 0 N–H and O–H groups in total. The number of hydrogen-bond acceptors (Lipinski definition) is 4. The molecule has 23 heavy (non-hydrogen) atoms. The van der Waals surface area contributed by atoms with Crippen LogP contribution in [0.5, 0.6) is 5.75 Å². The van der Waals surface area contributed by atoms with Crippen molar-refractivity contribution < 1.29 is 27.4 Å². The minimum Gasteiger partial charge on any atom is -0.406 e. The van der Waals surface area contributed by atoms with Crippen molar-refractivity contribution in [1.82, 2.24) is 4.90 Å². The highest BCUT2D eigenvalue weighted by molar-refractivity contribution is 5.27. The van der Waals surface area contributed by atoms with Crippen LogP contribution in [-0.4, -0.2) is 43.9 Å². The monoisotopic (exact) mass is 331 g/mol. The molecule has 2 aliphatic heterocycles. The Morgan fingerprint density at radius 3 is 2.48 bits per heavy atom. The zero-order chi connectivity index (χ0) is 16.3. The van der Waals surface area contributed by atoms with Gasteiger partial charge in [0.05, 0.1) is 13.2 Å². The van der Waals surface area contributed by atoms with Gasteiger partial charge in [-0.05, 0) is 37.1 Å². The number of alkyl halides is 3. The van der Waals surface area contributed by atoms with Gasteiger partial charge in [0.1, 0.15) is 5.75 Å². The average molecular weight is 331 g/mol. The van der Waals surface area contributed by atoms with Crippen molar-refractivity contribution >= 4 is 0 Å². The van der Waals surface area contributed by atoms with Gasteiger partial charge in [-0.25, -0.2) is 0 Å². The summed E-state index contributed by atoms with van der Waals surface area (Å²) < 4.78 is 51.5. The van der Waals surface area contributed by atoms with Gasteiger partial charge in [0.15, 0.2) is 6.29 Å². The summed E-state index contributed by atoms with van der Waals surface area (Å²) in [4.78, 5) is 2.29. The summed E-state index contributed by atoms with van der Waals surface area (Å²) in [5.74, 6) is 0.171. The van der Waals surface area contributed by atoms with E-state index < -0.39 is 6.36 Å². The quantitative estimate of drug-likeness (QED) is 0.848. The molecule has 4 nitrogen and oxygen atoms in total. The number of ether oxygens (including phenoxy) is 3. The first-order chi connectivity index (χ1) is 11.0. The van der Waals surface area contributed by atoms with E-state index in [1.165, 1.54) is 12.1 Å². The van der Waals surface area contributed by atoms with E-state index in [2.05, 4.69) is 9.64 Å². The van der Waals surface area contributed by atoms with E-state index in [9.17, 15) is 13.2 Å². The van der Waals surface area contributed by atoms with E-state index >= 15 is 0 Å². The maximum atomic E-state index is 12.2. The number of piperidine rings is 1. The molecule has 1 aromatic rings. The van der Waals surface area contributed by atoms with Gasteiger partial charge >= 0.3 is 6.36 Å². The van der Waals surface area contributed by atoms with E-state index in [-0.39, 0.29) is 12.0 Å². The van der Waals surface area contributed by atoms with Crippen molar-refractivity contribution in [3.63, 3.8) is 0 Å². The third-order valence-corrected chi connectivity index (χ3v) is 4.14. The molecule has 1 unspecified atom stereocenters. The molecular weight excluding hydrogens is 311 g/mol. The third-order valence-electron chi connectivity index (χ3n) is 4.14. The van der Waals surface area contributed by atoms with Crippen LogP contribution in [0.15, 0.2) is 24.3 Å². The summed E-state index contributed by atoms with van der Waals surface area (Å²) >= 11 is 0. The molecule has 1 aromatic carbocycles. The molecule has 0 spiro atoms. The molecule has 1 atom stereocenters. The Labute approximate surface area is 133 Å². The Morgan fingerprint density at radius 1 is 1.13 bits per heavy atom. The normalized spacial score (nSPS) is 24.0. The fourth-order valence-electron chi connectivity index (χ4n) is 3.16. The molecular formula is C16H20F3NO3. The third kappa shape index (κ3) is 4.83. The predicted molar refractivity (Wildman–Crippen MR) is 76.8 cm³/mol. The van der Waals surface area contributed by atoms with Gasteiger partial charge in [0.2, 0.25) is 0 Å². The smallest absolute Gasteiger partial charge is 0.406 e. The number of likely N-dealkylation sites (tertiary alicyclic amines) is 1. The molecule has 0 saturated carbocycles. The van der Waals surface area contributed by atoms with Crippen LogP contribution in [0.2, 0.25) is 0 Å². The van der Waals surface area contributed by atoms with Gasteiger partial charge in [-0.3, -0.25) is 4.90 Å². The fourth-order valence-corrected chi connectivity index (χ4v) is 3.16. The largest absolute Gasteiger partial charge is 0.573 e. The molecule has 2 saturated heterocycles. The van der Waals surface area contributed by atoms with E-state index in [0.717, 1.165) is 31.5 Å². The number of halogens is 3. The highest BCUT2D eigenvalue weighted by Gasteiger charge is 2.32. The van der Waals surface area contributed by atoms with Crippen LogP contribution in [-0.2, 0) is 16.0 Å². The zero-order valence-corrected chi connectivity index (χ0v) is 12.7. The van der Waals surface area contributed by atoms with Gasteiger partial charge in [0.25, 0.3) is 0 Å².